The van der Waals surface area contributed by atoms with E-state index in [2.05, 4.69) is 26.0 Å². The molecule has 6 heteroatoms. The molecule has 1 aromatic carbocycles. The van der Waals surface area contributed by atoms with Gasteiger partial charge in [-0.15, -0.1) is 0 Å². The van der Waals surface area contributed by atoms with Crippen LogP contribution in [0.3, 0.4) is 0 Å². The number of halogens is 3. The number of hydrogen-bond acceptors (Lipinski definition) is 2. The van der Waals surface area contributed by atoms with Crippen LogP contribution in [0.5, 0.6) is 0 Å². The fraction of sp³-hybridized carbons (Fsp3) is 0.222. The van der Waals surface area contributed by atoms with Crippen LogP contribution >= 0.6 is 15.9 Å². The highest BCUT2D eigenvalue weighted by molar-refractivity contribution is 9.10. The molecule has 0 radical (unpaired) electrons. The minimum atomic E-state index is -1.04. The first-order valence-corrected chi connectivity index (χ1v) is 4.92. The third-order valence-corrected chi connectivity index (χ3v) is 2.18. The van der Waals surface area contributed by atoms with Crippen molar-refractivity contribution in [2.75, 3.05) is 11.9 Å². The molecule has 15 heavy (non-hydrogen) atoms. The van der Waals surface area contributed by atoms with Crippen LogP contribution in [0.15, 0.2) is 16.6 Å². The lowest BCUT2D eigenvalue weighted by Crippen LogP contribution is -2.14. The van der Waals surface area contributed by atoms with E-state index in [1.54, 1.807) is 6.92 Å². The molecular weight excluding hydrogens is 272 g/mol. The highest BCUT2D eigenvalue weighted by atomic mass is 79.9. The fourth-order valence-corrected chi connectivity index (χ4v) is 1.31. The summed E-state index contributed by atoms with van der Waals surface area (Å²) in [6, 6.07) is 1.80. The first kappa shape index (κ1) is 11.9. The molecule has 0 aromatic heterocycles. The maximum atomic E-state index is 12.8. The molecule has 0 spiro atoms. The van der Waals surface area contributed by atoms with Gasteiger partial charge in [-0.3, -0.25) is 5.32 Å². The Kier molecular flexibility index (Phi) is 4.02. The molecule has 0 aliphatic rings. The minimum Gasteiger partial charge on any atom is -0.450 e. The first-order chi connectivity index (χ1) is 7.04. The second kappa shape index (κ2) is 5.06. The molecule has 0 fully saturated rings. The number of carbonyl (C=O) groups is 1. The van der Waals surface area contributed by atoms with E-state index < -0.39 is 17.7 Å². The molecule has 1 N–H and O–H groups in total. The average Bonchev–Trinajstić information content (AvgIpc) is 2.14. The van der Waals surface area contributed by atoms with Crippen LogP contribution in [0.2, 0.25) is 0 Å². The van der Waals surface area contributed by atoms with Crippen LogP contribution < -0.4 is 5.32 Å². The largest absolute Gasteiger partial charge is 0.450 e. The zero-order chi connectivity index (χ0) is 11.4. The van der Waals surface area contributed by atoms with Gasteiger partial charge >= 0.3 is 6.09 Å². The van der Waals surface area contributed by atoms with E-state index in [0.29, 0.717) is 0 Å². The molecule has 0 aliphatic carbocycles. The number of ether oxygens (including phenoxy) is 1. The van der Waals surface area contributed by atoms with E-state index in [-0.39, 0.29) is 16.8 Å². The van der Waals surface area contributed by atoms with Gasteiger partial charge in [0.05, 0.1) is 12.3 Å². The maximum Gasteiger partial charge on any atom is 0.411 e. The molecule has 0 heterocycles. The lowest BCUT2D eigenvalue weighted by atomic mass is 10.3. The van der Waals surface area contributed by atoms with Crippen molar-refractivity contribution in [1.29, 1.82) is 0 Å². The van der Waals surface area contributed by atoms with Crippen molar-refractivity contribution >= 4 is 27.7 Å². The van der Waals surface area contributed by atoms with Gasteiger partial charge < -0.3 is 4.74 Å². The van der Waals surface area contributed by atoms with E-state index in [0.717, 1.165) is 12.1 Å². The summed E-state index contributed by atoms with van der Waals surface area (Å²) in [5.74, 6) is -2.03. The maximum absolute atomic E-state index is 12.8. The summed E-state index contributed by atoms with van der Waals surface area (Å²) in [7, 11) is 0. The summed E-state index contributed by atoms with van der Waals surface area (Å²) >= 11 is 2.98. The van der Waals surface area contributed by atoms with Crippen LogP contribution in [0, 0.1) is 11.6 Å². The van der Waals surface area contributed by atoms with Gasteiger partial charge in [-0.25, -0.2) is 13.6 Å². The standard InChI is InChI=1S/C9H8BrF2NO2/c1-2-15-9(14)13-8-4-7(12)6(11)3-5(8)10/h3-4H,2H2,1H3,(H,13,14). The number of nitrogens with one attached hydrogen (secondary N) is 1. The Balaban J connectivity index is 2.86. The summed E-state index contributed by atoms with van der Waals surface area (Å²) < 4.78 is 30.3. The van der Waals surface area contributed by atoms with Crippen molar-refractivity contribution in [2.45, 2.75) is 6.92 Å². The first-order valence-electron chi connectivity index (χ1n) is 4.13. The third kappa shape index (κ3) is 3.16. The molecule has 1 amide bonds. The Bertz CT molecular complexity index is 385. The highest BCUT2D eigenvalue weighted by Gasteiger charge is 2.10. The molecule has 0 saturated heterocycles. The predicted molar refractivity (Wildman–Crippen MR) is 54.7 cm³/mol. The van der Waals surface area contributed by atoms with Crippen LogP contribution in [0.4, 0.5) is 19.3 Å². The Hall–Kier alpha value is -1.17. The number of benzene rings is 1. The summed E-state index contributed by atoms with van der Waals surface area (Å²) in [4.78, 5) is 11.0. The van der Waals surface area contributed by atoms with Gasteiger partial charge in [0.15, 0.2) is 11.6 Å². The zero-order valence-electron chi connectivity index (χ0n) is 7.81. The van der Waals surface area contributed by atoms with Crippen molar-refractivity contribution in [2.24, 2.45) is 0 Å². The Morgan fingerprint density at radius 2 is 2.07 bits per heavy atom. The molecule has 0 unspecified atom stereocenters. The van der Waals surface area contributed by atoms with Gasteiger partial charge in [-0.05, 0) is 28.9 Å². The zero-order valence-corrected chi connectivity index (χ0v) is 9.40. The monoisotopic (exact) mass is 279 g/mol. The number of hydrogen-bond donors (Lipinski definition) is 1. The summed E-state index contributed by atoms with van der Waals surface area (Å²) in [5, 5.41) is 2.26. The van der Waals surface area contributed by atoms with E-state index >= 15 is 0 Å². The van der Waals surface area contributed by atoms with E-state index in [9.17, 15) is 13.6 Å². The van der Waals surface area contributed by atoms with Crippen LogP contribution in [0.25, 0.3) is 0 Å². The van der Waals surface area contributed by atoms with Crippen molar-refractivity contribution in [3.05, 3.63) is 28.2 Å². The Labute approximate surface area is 93.5 Å². The summed E-state index contributed by atoms with van der Waals surface area (Å²) in [6.45, 7) is 1.84. The molecule has 0 aliphatic heterocycles. The lowest BCUT2D eigenvalue weighted by molar-refractivity contribution is 0.168. The lowest BCUT2D eigenvalue weighted by Gasteiger charge is -2.07. The molecule has 0 bridgehead atoms. The molecule has 82 valence electrons. The topological polar surface area (TPSA) is 38.3 Å². The predicted octanol–water partition coefficient (Wildman–Crippen LogP) is 3.30. The van der Waals surface area contributed by atoms with E-state index in [1.165, 1.54) is 0 Å². The van der Waals surface area contributed by atoms with Crippen molar-refractivity contribution in [1.82, 2.24) is 0 Å². The molecular formula is C9H8BrF2NO2. The van der Waals surface area contributed by atoms with Crippen molar-refractivity contribution in [3.8, 4) is 0 Å². The van der Waals surface area contributed by atoms with Crippen molar-refractivity contribution < 1.29 is 18.3 Å². The smallest absolute Gasteiger partial charge is 0.411 e. The van der Waals surface area contributed by atoms with Gasteiger partial charge in [-0.1, -0.05) is 0 Å². The SMILES string of the molecule is CCOC(=O)Nc1cc(F)c(F)cc1Br. The number of amides is 1. The Morgan fingerprint density at radius 3 is 2.67 bits per heavy atom. The second-order valence-electron chi connectivity index (χ2n) is 2.59. The van der Waals surface area contributed by atoms with Crippen molar-refractivity contribution in [3.63, 3.8) is 0 Å². The Morgan fingerprint density at radius 1 is 1.47 bits per heavy atom. The van der Waals surface area contributed by atoms with E-state index in [4.69, 9.17) is 0 Å². The summed E-state index contributed by atoms with van der Waals surface area (Å²) in [6.07, 6.45) is -0.718. The molecule has 0 atom stereocenters. The normalized spacial score (nSPS) is 9.87. The van der Waals surface area contributed by atoms with Gasteiger partial charge in [0.2, 0.25) is 0 Å². The number of carbonyl (C=O) groups excluding carboxylic acids is 1. The average molecular weight is 280 g/mol. The molecule has 3 nitrogen and oxygen atoms in total. The third-order valence-electron chi connectivity index (χ3n) is 1.52. The molecule has 1 rings (SSSR count). The van der Waals surface area contributed by atoms with Gasteiger partial charge in [0.25, 0.3) is 0 Å². The second-order valence-corrected chi connectivity index (χ2v) is 3.45. The van der Waals surface area contributed by atoms with E-state index in [1.807, 2.05) is 0 Å². The summed E-state index contributed by atoms with van der Waals surface area (Å²) in [5.41, 5.74) is 0.118. The highest BCUT2D eigenvalue weighted by Crippen LogP contribution is 2.25. The van der Waals surface area contributed by atoms with Crippen LogP contribution in [-0.2, 0) is 4.74 Å². The minimum absolute atomic E-state index is 0.118. The molecule has 0 saturated carbocycles. The van der Waals surface area contributed by atoms with Gasteiger partial charge in [0.1, 0.15) is 0 Å². The number of anilines is 1. The van der Waals surface area contributed by atoms with Gasteiger partial charge in [-0.2, -0.15) is 0 Å². The van der Waals surface area contributed by atoms with Crippen LogP contribution in [0.1, 0.15) is 6.92 Å². The molecule has 1 aromatic rings. The van der Waals surface area contributed by atoms with Gasteiger partial charge in [0, 0.05) is 10.5 Å². The quantitative estimate of drug-likeness (QED) is 0.844. The van der Waals surface area contributed by atoms with Crippen LogP contribution in [-0.4, -0.2) is 12.7 Å². The fourth-order valence-electron chi connectivity index (χ4n) is 0.895. The number of rotatable bonds is 2.